The fraction of sp³-hybridized carbons (Fsp3) is 0.417. The van der Waals surface area contributed by atoms with Gasteiger partial charge in [-0.25, -0.2) is 0 Å². The van der Waals surface area contributed by atoms with Gasteiger partial charge in [0.05, 0.1) is 7.11 Å². The van der Waals surface area contributed by atoms with E-state index in [1.54, 1.807) is 0 Å². The molecule has 0 aromatic heterocycles. The van der Waals surface area contributed by atoms with E-state index in [-0.39, 0.29) is 0 Å². The SMILES string of the molecule is COC=O.Nc1ccc(N2CCCC2)cc1. The largest absolute Gasteiger partial charge is 0.471 e. The summed E-state index contributed by atoms with van der Waals surface area (Å²) in [6, 6.07) is 8.13. The molecule has 1 aliphatic rings. The molecule has 2 rings (SSSR count). The smallest absolute Gasteiger partial charge is 0.292 e. The molecule has 16 heavy (non-hydrogen) atoms. The van der Waals surface area contributed by atoms with Gasteiger partial charge in [0.25, 0.3) is 6.47 Å². The zero-order chi connectivity index (χ0) is 11.8. The molecule has 2 N–H and O–H groups in total. The van der Waals surface area contributed by atoms with Crippen molar-refractivity contribution in [3.05, 3.63) is 24.3 Å². The molecule has 4 heteroatoms. The second kappa shape index (κ2) is 6.71. The monoisotopic (exact) mass is 222 g/mol. The number of hydrogen-bond acceptors (Lipinski definition) is 4. The van der Waals surface area contributed by atoms with Gasteiger partial charge < -0.3 is 15.4 Å². The highest BCUT2D eigenvalue weighted by Gasteiger charge is 2.11. The van der Waals surface area contributed by atoms with E-state index in [9.17, 15) is 0 Å². The van der Waals surface area contributed by atoms with Gasteiger partial charge in [-0.1, -0.05) is 0 Å². The fourth-order valence-electron chi connectivity index (χ4n) is 1.66. The molecule has 0 unspecified atom stereocenters. The van der Waals surface area contributed by atoms with E-state index < -0.39 is 0 Å². The van der Waals surface area contributed by atoms with E-state index in [0.717, 1.165) is 5.69 Å². The number of ether oxygens (including phenoxy) is 1. The molecular formula is C12H18N2O2. The Kier molecular flexibility index (Phi) is 5.19. The normalized spacial score (nSPS) is 13.9. The minimum atomic E-state index is 0.375. The van der Waals surface area contributed by atoms with Crippen LogP contribution in [0.5, 0.6) is 0 Å². The second-order valence-electron chi connectivity index (χ2n) is 3.62. The first kappa shape index (κ1) is 12.4. The third-order valence-electron chi connectivity index (χ3n) is 2.46. The molecule has 1 aromatic carbocycles. The van der Waals surface area contributed by atoms with Crippen LogP contribution in [0.4, 0.5) is 11.4 Å². The van der Waals surface area contributed by atoms with Crippen LogP contribution in [0.15, 0.2) is 24.3 Å². The summed E-state index contributed by atoms with van der Waals surface area (Å²) in [5.74, 6) is 0. The number of anilines is 2. The van der Waals surface area contributed by atoms with Crippen molar-refractivity contribution in [1.29, 1.82) is 0 Å². The summed E-state index contributed by atoms with van der Waals surface area (Å²) < 4.78 is 3.86. The molecule has 0 aliphatic carbocycles. The Morgan fingerprint density at radius 3 is 2.19 bits per heavy atom. The second-order valence-corrected chi connectivity index (χ2v) is 3.62. The van der Waals surface area contributed by atoms with E-state index in [1.165, 1.54) is 38.7 Å². The summed E-state index contributed by atoms with van der Waals surface area (Å²) in [5, 5.41) is 0. The molecule has 0 spiro atoms. The van der Waals surface area contributed by atoms with Gasteiger partial charge >= 0.3 is 0 Å². The Morgan fingerprint density at radius 2 is 1.75 bits per heavy atom. The van der Waals surface area contributed by atoms with Crippen molar-refractivity contribution in [2.75, 3.05) is 30.8 Å². The van der Waals surface area contributed by atoms with Crippen LogP contribution in [0.25, 0.3) is 0 Å². The topological polar surface area (TPSA) is 55.6 Å². The summed E-state index contributed by atoms with van der Waals surface area (Å²) in [5.41, 5.74) is 7.76. The lowest BCUT2D eigenvalue weighted by molar-refractivity contribution is -0.126. The zero-order valence-corrected chi connectivity index (χ0v) is 9.56. The number of rotatable bonds is 2. The molecule has 1 aliphatic heterocycles. The summed E-state index contributed by atoms with van der Waals surface area (Å²) >= 11 is 0. The third-order valence-corrected chi connectivity index (χ3v) is 2.46. The minimum absolute atomic E-state index is 0.375. The fourth-order valence-corrected chi connectivity index (χ4v) is 1.66. The number of nitrogens with zero attached hydrogens (tertiary/aromatic N) is 1. The Bertz CT molecular complexity index is 305. The lowest BCUT2D eigenvalue weighted by atomic mass is 10.2. The summed E-state index contributed by atoms with van der Waals surface area (Å²) in [7, 11) is 1.31. The predicted octanol–water partition coefficient (Wildman–Crippen LogP) is 1.66. The van der Waals surface area contributed by atoms with Crippen LogP contribution in [0, 0.1) is 0 Å². The number of methoxy groups -OCH3 is 1. The van der Waals surface area contributed by atoms with Crippen LogP contribution in [0.3, 0.4) is 0 Å². The maximum atomic E-state index is 8.95. The van der Waals surface area contributed by atoms with Gasteiger partial charge in [0.2, 0.25) is 0 Å². The Labute approximate surface area is 96.0 Å². The molecule has 0 radical (unpaired) electrons. The molecular weight excluding hydrogens is 204 g/mol. The van der Waals surface area contributed by atoms with E-state index in [2.05, 4.69) is 21.8 Å². The van der Waals surface area contributed by atoms with Gasteiger partial charge in [-0.05, 0) is 37.1 Å². The number of hydrogen-bond donors (Lipinski definition) is 1. The first-order chi connectivity index (χ1) is 7.77. The van der Waals surface area contributed by atoms with Crippen LogP contribution < -0.4 is 10.6 Å². The molecule has 1 saturated heterocycles. The lowest BCUT2D eigenvalue weighted by Crippen LogP contribution is -2.17. The molecule has 88 valence electrons. The first-order valence-corrected chi connectivity index (χ1v) is 5.35. The van der Waals surface area contributed by atoms with Gasteiger partial charge in [-0.3, -0.25) is 4.79 Å². The average Bonchev–Trinajstić information content (AvgIpc) is 2.84. The van der Waals surface area contributed by atoms with Crippen molar-refractivity contribution in [3.8, 4) is 0 Å². The van der Waals surface area contributed by atoms with Crippen molar-refractivity contribution in [3.63, 3.8) is 0 Å². The first-order valence-electron chi connectivity index (χ1n) is 5.35. The molecule has 0 bridgehead atoms. The predicted molar refractivity (Wildman–Crippen MR) is 65.4 cm³/mol. The van der Waals surface area contributed by atoms with Crippen molar-refractivity contribution in [2.45, 2.75) is 12.8 Å². The Morgan fingerprint density at radius 1 is 1.25 bits per heavy atom. The number of nitrogens with two attached hydrogens (primary N) is 1. The molecule has 1 fully saturated rings. The number of carbonyl (C=O) groups excluding carboxylic acids is 1. The summed E-state index contributed by atoms with van der Waals surface area (Å²) in [6.07, 6.45) is 2.65. The molecule has 1 heterocycles. The van der Waals surface area contributed by atoms with E-state index in [0.29, 0.717) is 6.47 Å². The number of carbonyl (C=O) groups is 1. The van der Waals surface area contributed by atoms with Crippen LogP contribution in [-0.4, -0.2) is 26.7 Å². The summed E-state index contributed by atoms with van der Waals surface area (Å²) in [4.78, 5) is 11.4. The number of benzene rings is 1. The summed E-state index contributed by atoms with van der Waals surface area (Å²) in [6.45, 7) is 2.77. The highest BCUT2D eigenvalue weighted by atomic mass is 16.5. The van der Waals surface area contributed by atoms with Gasteiger partial charge in [-0.2, -0.15) is 0 Å². The molecule has 0 atom stereocenters. The highest BCUT2D eigenvalue weighted by Crippen LogP contribution is 2.20. The highest BCUT2D eigenvalue weighted by molar-refractivity contribution is 5.53. The van der Waals surface area contributed by atoms with Crippen molar-refractivity contribution in [1.82, 2.24) is 0 Å². The lowest BCUT2D eigenvalue weighted by Gasteiger charge is -2.17. The van der Waals surface area contributed by atoms with E-state index >= 15 is 0 Å². The van der Waals surface area contributed by atoms with Crippen molar-refractivity contribution >= 4 is 17.8 Å². The molecule has 0 amide bonds. The Hall–Kier alpha value is -1.71. The van der Waals surface area contributed by atoms with Crippen molar-refractivity contribution in [2.24, 2.45) is 0 Å². The van der Waals surface area contributed by atoms with Crippen LogP contribution >= 0.6 is 0 Å². The third kappa shape index (κ3) is 3.81. The van der Waals surface area contributed by atoms with Gasteiger partial charge in [0.15, 0.2) is 0 Å². The average molecular weight is 222 g/mol. The van der Waals surface area contributed by atoms with Gasteiger partial charge in [-0.15, -0.1) is 0 Å². The molecule has 4 nitrogen and oxygen atoms in total. The molecule has 1 aromatic rings. The maximum absolute atomic E-state index is 8.95. The van der Waals surface area contributed by atoms with E-state index in [4.69, 9.17) is 10.5 Å². The van der Waals surface area contributed by atoms with E-state index in [1.807, 2.05) is 12.1 Å². The zero-order valence-electron chi connectivity index (χ0n) is 9.56. The van der Waals surface area contributed by atoms with Crippen LogP contribution in [0.2, 0.25) is 0 Å². The molecule has 0 saturated carbocycles. The number of nitrogen functional groups attached to an aromatic ring is 1. The maximum Gasteiger partial charge on any atom is 0.292 e. The standard InChI is InChI=1S/C10H14N2.C2H4O2/c11-9-3-5-10(6-4-9)12-7-1-2-8-12;1-4-2-3/h3-6H,1-2,7-8,11H2;2H,1H3. The van der Waals surface area contributed by atoms with Crippen LogP contribution in [0.1, 0.15) is 12.8 Å². The van der Waals surface area contributed by atoms with Gasteiger partial charge in [0, 0.05) is 24.5 Å². The van der Waals surface area contributed by atoms with Crippen LogP contribution in [-0.2, 0) is 9.53 Å². The Balaban J connectivity index is 0.000000280. The van der Waals surface area contributed by atoms with Crippen molar-refractivity contribution < 1.29 is 9.53 Å². The minimum Gasteiger partial charge on any atom is -0.471 e. The quantitative estimate of drug-likeness (QED) is 0.610. The van der Waals surface area contributed by atoms with Gasteiger partial charge in [0.1, 0.15) is 0 Å².